The van der Waals surface area contributed by atoms with Gasteiger partial charge < -0.3 is 4.74 Å². The molecule has 0 aliphatic carbocycles. The van der Waals surface area contributed by atoms with E-state index in [1.807, 2.05) is 43.9 Å². The summed E-state index contributed by atoms with van der Waals surface area (Å²) in [5.41, 5.74) is 0.749. The van der Waals surface area contributed by atoms with Crippen molar-refractivity contribution in [3.8, 4) is 0 Å². The first-order valence-electron chi connectivity index (χ1n) is 6.95. The molecule has 19 heavy (non-hydrogen) atoms. The van der Waals surface area contributed by atoms with Crippen LogP contribution in [0, 0.1) is 0 Å². The van der Waals surface area contributed by atoms with E-state index < -0.39 is 5.60 Å². The highest BCUT2D eigenvalue weighted by Gasteiger charge is 2.37. The summed E-state index contributed by atoms with van der Waals surface area (Å²) >= 11 is 0. The number of hydrogen-bond acceptors (Lipinski definition) is 2. The molecule has 0 spiro atoms. The number of benzene rings is 1. The summed E-state index contributed by atoms with van der Waals surface area (Å²) in [7, 11) is 0. The van der Waals surface area contributed by atoms with Gasteiger partial charge >= 0.3 is 6.09 Å². The quantitative estimate of drug-likeness (QED) is 0.760. The van der Waals surface area contributed by atoms with Crippen LogP contribution in [0.2, 0.25) is 0 Å². The topological polar surface area (TPSA) is 29.5 Å². The van der Waals surface area contributed by atoms with Crippen molar-refractivity contribution in [3.05, 3.63) is 35.9 Å². The maximum atomic E-state index is 12.4. The van der Waals surface area contributed by atoms with Gasteiger partial charge in [-0.1, -0.05) is 30.3 Å². The lowest BCUT2D eigenvalue weighted by Gasteiger charge is -2.31. The van der Waals surface area contributed by atoms with Gasteiger partial charge in [-0.3, -0.25) is 4.90 Å². The minimum absolute atomic E-state index is 0.144. The average Bonchev–Trinajstić information content (AvgIpc) is 2.70. The molecular formula is C16H23NO2. The Morgan fingerprint density at radius 3 is 2.42 bits per heavy atom. The molecule has 1 saturated heterocycles. The van der Waals surface area contributed by atoms with Crippen LogP contribution in [0.5, 0.6) is 0 Å². The molecule has 0 radical (unpaired) electrons. The van der Waals surface area contributed by atoms with Crippen molar-refractivity contribution in [1.82, 2.24) is 4.90 Å². The fraction of sp³-hybridized carbons (Fsp3) is 0.562. The maximum absolute atomic E-state index is 12.4. The molecule has 1 fully saturated rings. The van der Waals surface area contributed by atoms with Crippen LogP contribution in [0.4, 0.5) is 4.79 Å². The van der Waals surface area contributed by atoms with Gasteiger partial charge in [0, 0.05) is 6.04 Å². The lowest BCUT2D eigenvalue weighted by molar-refractivity contribution is 0.0158. The normalized spacial score (nSPS) is 23.5. The molecular weight excluding hydrogens is 238 g/mol. The summed E-state index contributed by atoms with van der Waals surface area (Å²) in [4.78, 5) is 14.2. The van der Waals surface area contributed by atoms with E-state index in [0.29, 0.717) is 0 Å². The van der Waals surface area contributed by atoms with E-state index in [0.717, 1.165) is 12.8 Å². The van der Waals surface area contributed by atoms with Crippen LogP contribution in [0.3, 0.4) is 0 Å². The average molecular weight is 261 g/mol. The van der Waals surface area contributed by atoms with Crippen molar-refractivity contribution >= 4 is 6.09 Å². The maximum Gasteiger partial charge on any atom is 0.411 e. The Balaban J connectivity index is 2.19. The molecule has 1 heterocycles. The van der Waals surface area contributed by atoms with Gasteiger partial charge in [-0.15, -0.1) is 0 Å². The summed E-state index contributed by atoms with van der Waals surface area (Å²) in [6.45, 7) is 7.81. The van der Waals surface area contributed by atoms with Crippen LogP contribution in [-0.2, 0) is 4.74 Å². The van der Waals surface area contributed by atoms with Gasteiger partial charge in [-0.25, -0.2) is 4.79 Å². The molecule has 1 amide bonds. The highest BCUT2D eigenvalue weighted by molar-refractivity contribution is 5.69. The largest absolute Gasteiger partial charge is 0.444 e. The molecule has 3 nitrogen and oxygen atoms in total. The summed E-state index contributed by atoms with van der Waals surface area (Å²) in [6.07, 6.45) is 1.83. The molecule has 0 bridgehead atoms. The second-order valence-electron chi connectivity index (χ2n) is 6.24. The molecule has 2 atom stereocenters. The van der Waals surface area contributed by atoms with Gasteiger partial charge in [0.2, 0.25) is 0 Å². The van der Waals surface area contributed by atoms with E-state index in [2.05, 4.69) is 19.1 Å². The predicted molar refractivity (Wildman–Crippen MR) is 76.0 cm³/mol. The van der Waals surface area contributed by atoms with E-state index in [1.54, 1.807) is 0 Å². The standard InChI is InChI=1S/C16H23NO2/c1-12-10-11-14(13-8-6-5-7-9-13)17(12)15(18)19-16(2,3)4/h5-9,12,14H,10-11H2,1-4H3/t12?,14-/m0/s1. The third kappa shape index (κ3) is 3.28. The summed E-state index contributed by atoms with van der Waals surface area (Å²) in [5, 5.41) is 0. The molecule has 1 aromatic carbocycles. The van der Waals surface area contributed by atoms with Crippen molar-refractivity contribution in [1.29, 1.82) is 0 Å². The fourth-order valence-electron chi connectivity index (χ4n) is 2.61. The Hall–Kier alpha value is -1.51. The van der Waals surface area contributed by atoms with E-state index in [9.17, 15) is 4.79 Å². The van der Waals surface area contributed by atoms with Crippen LogP contribution in [-0.4, -0.2) is 22.6 Å². The lowest BCUT2D eigenvalue weighted by Crippen LogP contribution is -2.40. The fourth-order valence-corrected chi connectivity index (χ4v) is 2.61. The number of carbonyl (C=O) groups is 1. The minimum Gasteiger partial charge on any atom is -0.444 e. The molecule has 1 aliphatic rings. The minimum atomic E-state index is -0.444. The van der Waals surface area contributed by atoms with Crippen molar-refractivity contribution in [3.63, 3.8) is 0 Å². The van der Waals surface area contributed by atoms with Crippen LogP contribution in [0.25, 0.3) is 0 Å². The van der Waals surface area contributed by atoms with Gasteiger partial charge in [0.05, 0.1) is 6.04 Å². The van der Waals surface area contributed by atoms with Gasteiger partial charge in [0.1, 0.15) is 5.60 Å². The Morgan fingerprint density at radius 2 is 1.84 bits per heavy atom. The van der Waals surface area contributed by atoms with Crippen LogP contribution in [0.1, 0.15) is 52.1 Å². The molecule has 0 saturated carbocycles. The van der Waals surface area contributed by atoms with Gasteiger partial charge in [0.15, 0.2) is 0 Å². The third-order valence-corrected chi connectivity index (χ3v) is 3.46. The number of rotatable bonds is 1. The molecule has 104 valence electrons. The Labute approximate surface area is 115 Å². The molecule has 1 unspecified atom stereocenters. The van der Waals surface area contributed by atoms with Crippen molar-refractivity contribution in [2.24, 2.45) is 0 Å². The van der Waals surface area contributed by atoms with E-state index >= 15 is 0 Å². The molecule has 1 aromatic rings. The predicted octanol–water partition coefficient (Wildman–Crippen LogP) is 4.15. The first-order chi connectivity index (χ1) is 8.88. The zero-order valence-electron chi connectivity index (χ0n) is 12.2. The monoisotopic (exact) mass is 261 g/mol. The van der Waals surface area contributed by atoms with Gasteiger partial charge in [-0.2, -0.15) is 0 Å². The first kappa shape index (κ1) is 13.9. The highest BCUT2D eigenvalue weighted by Crippen LogP contribution is 2.36. The second kappa shape index (κ2) is 5.24. The van der Waals surface area contributed by atoms with Crippen LogP contribution >= 0.6 is 0 Å². The summed E-state index contributed by atoms with van der Waals surface area (Å²) < 4.78 is 5.53. The Bertz CT molecular complexity index is 436. The lowest BCUT2D eigenvalue weighted by atomic mass is 10.1. The van der Waals surface area contributed by atoms with E-state index in [-0.39, 0.29) is 18.2 Å². The second-order valence-corrected chi connectivity index (χ2v) is 6.24. The zero-order chi connectivity index (χ0) is 14.0. The van der Waals surface area contributed by atoms with Gasteiger partial charge in [0.25, 0.3) is 0 Å². The van der Waals surface area contributed by atoms with E-state index in [4.69, 9.17) is 4.74 Å². The van der Waals surface area contributed by atoms with Crippen molar-refractivity contribution in [2.75, 3.05) is 0 Å². The zero-order valence-corrected chi connectivity index (χ0v) is 12.2. The number of hydrogen-bond donors (Lipinski definition) is 0. The Morgan fingerprint density at radius 1 is 1.21 bits per heavy atom. The number of ether oxygens (including phenoxy) is 1. The Kier molecular flexibility index (Phi) is 3.83. The number of likely N-dealkylation sites (tertiary alicyclic amines) is 1. The molecule has 2 rings (SSSR count). The molecule has 0 N–H and O–H groups in total. The number of amides is 1. The van der Waals surface area contributed by atoms with E-state index in [1.165, 1.54) is 5.56 Å². The van der Waals surface area contributed by atoms with Crippen molar-refractivity contribution in [2.45, 2.75) is 58.2 Å². The van der Waals surface area contributed by atoms with Crippen LogP contribution < -0.4 is 0 Å². The SMILES string of the molecule is CC1CC[C@@H](c2ccccc2)N1C(=O)OC(C)(C)C. The smallest absolute Gasteiger partial charge is 0.411 e. The molecule has 3 heteroatoms. The first-order valence-corrected chi connectivity index (χ1v) is 6.95. The summed E-state index contributed by atoms with van der Waals surface area (Å²) in [6, 6.07) is 10.6. The number of carbonyl (C=O) groups excluding carboxylic acids is 1. The number of nitrogens with zero attached hydrogens (tertiary/aromatic N) is 1. The van der Waals surface area contributed by atoms with Gasteiger partial charge in [-0.05, 0) is 46.1 Å². The van der Waals surface area contributed by atoms with Crippen LogP contribution in [0.15, 0.2) is 30.3 Å². The van der Waals surface area contributed by atoms with Crippen molar-refractivity contribution < 1.29 is 9.53 Å². The third-order valence-electron chi connectivity index (χ3n) is 3.46. The molecule has 0 aromatic heterocycles. The molecule has 1 aliphatic heterocycles. The summed E-state index contributed by atoms with van der Waals surface area (Å²) in [5.74, 6) is 0. The highest BCUT2D eigenvalue weighted by atomic mass is 16.6.